The van der Waals surface area contributed by atoms with Crippen LogP contribution in [-0.2, 0) is 16.0 Å². The highest BCUT2D eigenvalue weighted by atomic mass is 32.1. The molecule has 0 aliphatic heterocycles. The zero-order chi connectivity index (χ0) is 19.8. The Morgan fingerprint density at radius 3 is 2.70 bits per heavy atom. The molecule has 0 saturated heterocycles. The number of furan rings is 1. The summed E-state index contributed by atoms with van der Waals surface area (Å²) in [7, 11) is 0. The van der Waals surface area contributed by atoms with Crippen LogP contribution in [0.25, 0.3) is 0 Å². The highest BCUT2D eigenvalue weighted by Crippen LogP contribution is 2.31. The molecule has 146 valence electrons. The van der Waals surface area contributed by atoms with Gasteiger partial charge in [-0.25, -0.2) is 4.79 Å². The van der Waals surface area contributed by atoms with Gasteiger partial charge in [-0.15, -0.1) is 11.3 Å². The average Bonchev–Trinajstić information content (AvgIpc) is 3.25. The van der Waals surface area contributed by atoms with Crippen LogP contribution in [0, 0.1) is 5.92 Å². The molecule has 2 amide bonds. The summed E-state index contributed by atoms with van der Waals surface area (Å²) >= 11 is 1.30. The molecular weight excluding hydrogens is 368 g/mol. The Balaban J connectivity index is 1.96. The number of hydrogen-bond acceptors (Lipinski definition) is 6. The van der Waals surface area contributed by atoms with Gasteiger partial charge in [0.1, 0.15) is 5.00 Å². The number of carbonyl (C=O) groups excluding carboxylic acids is 3. The van der Waals surface area contributed by atoms with Gasteiger partial charge in [0.05, 0.1) is 18.4 Å². The summed E-state index contributed by atoms with van der Waals surface area (Å²) in [5, 5.41) is 7.72. The lowest BCUT2D eigenvalue weighted by molar-refractivity contribution is -0.116. The standard InChI is InChI=1S/C19H24N2O5S/c1-4-25-19(24)16-13(10-12(2)3)11-27-18(16)21-15(22)7-8-20-17(23)14-6-5-9-26-14/h5-6,9,11-12H,4,7-8,10H2,1-3H3,(H,20,23)(H,21,22). The number of rotatable bonds is 9. The van der Waals surface area contributed by atoms with Crippen LogP contribution in [0.1, 0.15) is 53.7 Å². The maximum Gasteiger partial charge on any atom is 0.341 e. The Morgan fingerprint density at radius 1 is 1.30 bits per heavy atom. The van der Waals surface area contributed by atoms with Gasteiger partial charge in [-0.2, -0.15) is 0 Å². The van der Waals surface area contributed by atoms with Gasteiger partial charge >= 0.3 is 5.97 Å². The summed E-state index contributed by atoms with van der Waals surface area (Å²) in [4.78, 5) is 36.3. The minimum Gasteiger partial charge on any atom is -0.462 e. The van der Waals surface area contributed by atoms with Crippen molar-refractivity contribution >= 4 is 34.1 Å². The molecule has 0 unspecified atom stereocenters. The van der Waals surface area contributed by atoms with Crippen LogP contribution in [0.4, 0.5) is 5.00 Å². The van der Waals surface area contributed by atoms with Crippen LogP contribution >= 0.6 is 11.3 Å². The zero-order valence-corrected chi connectivity index (χ0v) is 16.5. The molecule has 2 heterocycles. The monoisotopic (exact) mass is 392 g/mol. The molecule has 0 bridgehead atoms. The van der Waals surface area contributed by atoms with Crippen LogP contribution in [0.2, 0.25) is 0 Å². The van der Waals surface area contributed by atoms with Crippen molar-refractivity contribution in [1.82, 2.24) is 5.32 Å². The summed E-state index contributed by atoms with van der Waals surface area (Å²) in [6, 6.07) is 3.16. The molecule has 2 N–H and O–H groups in total. The Hall–Kier alpha value is -2.61. The molecular formula is C19H24N2O5S. The third-order valence-corrected chi connectivity index (χ3v) is 4.55. The lowest BCUT2D eigenvalue weighted by Crippen LogP contribution is -2.27. The molecule has 0 fully saturated rings. The van der Waals surface area contributed by atoms with E-state index < -0.39 is 5.97 Å². The Kier molecular flexibility index (Phi) is 7.60. The minimum atomic E-state index is -0.434. The second-order valence-electron chi connectivity index (χ2n) is 6.31. The topological polar surface area (TPSA) is 97.6 Å². The number of ether oxygens (including phenoxy) is 1. The van der Waals surface area contributed by atoms with Gasteiger partial charge in [0.15, 0.2) is 5.76 Å². The third-order valence-electron chi connectivity index (χ3n) is 3.61. The van der Waals surface area contributed by atoms with E-state index in [-0.39, 0.29) is 37.1 Å². The van der Waals surface area contributed by atoms with Crippen molar-refractivity contribution in [2.45, 2.75) is 33.6 Å². The Morgan fingerprint density at radius 2 is 2.07 bits per heavy atom. The smallest absolute Gasteiger partial charge is 0.341 e. The molecule has 7 nitrogen and oxygen atoms in total. The first kappa shape index (κ1) is 20.7. The predicted octanol–water partition coefficient (Wildman–Crippen LogP) is 3.47. The number of esters is 1. The molecule has 0 aliphatic carbocycles. The molecule has 0 saturated carbocycles. The van der Waals surface area contributed by atoms with E-state index in [0.29, 0.717) is 16.5 Å². The van der Waals surface area contributed by atoms with Crippen molar-refractivity contribution in [3.05, 3.63) is 40.7 Å². The zero-order valence-electron chi connectivity index (χ0n) is 15.7. The number of thiophene rings is 1. The average molecular weight is 392 g/mol. The summed E-state index contributed by atoms with van der Waals surface area (Å²) in [6.45, 7) is 6.29. The summed E-state index contributed by atoms with van der Waals surface area (Å²) in [5.41, 5.74) is 1.29. The third kappa shape index (κ3) is 5.96. The molecule has 27 heavy (non-hydrogen) atoms. The molecule has 0 radical (unpaired) electrons. The van der Waals surface area contributed by atoms with E-state index >= 15 is 0 Å². The highest BCUT2D eigenvalue weighted by molar-refractivity contribution is 7.15. The largest absolute Gasteiger partial charge is 0.462 e. The second-order valence-corrected chi connectivity index (χ2v) is 7.19. The van der Waals surface area contributed by atoms with Crippen LogP contribution in [0.15, 0.2) is 28.2 Å². The van der Waals surface area contributed by atoms with Gasteiger partial charge in [-0.1, -0.05) is 13.8 Å². The molecule has 0 aliphatic rings. The first-order valence-electron chi connectivity index (χ1n) is 8.81. The number of hydrogen-bond donors (Lipinski definition) is 2. The maximum atomic E-state index is 12.3. The SMILES string of the molecule is CCOC(=O)c1c(CC(C)C)csc1NC(=O)CCNC(=O)c1ccco1. The van der Waals surface area contributed by atoms with Gasteiger partial charge in [-0.3, -0.25) is 9.59 Å². The van der Waals surface area contributed by atoms with Crippen LogP contribution in [0.5, 0.6) is 0 Å². The van der Waals surface area contributed by atoms with Gasteiger partial charge in [0.25, 0.3) is 5.91 Å². The minimum absolute atomic E-state index is 0.0755. The molecule has 0 atom stereocenters. The van der Waals surface area contributed by atoms with Crippen molar-refractivity contribution in [1.29, 1.82) is 0 Å². The molecule has 0 aromatic carbocycles. The van der Waals surface area contributed by atoms with Crippen molar-refractivity contribution < 1.29 is 23.5 Å². The van der Waals surface area contributed by atoms with E-state index in [1.165, 1.54) is 17.6 Å². The van der Waals surface area contributed by atoms with E-state index in [2.05, 4.69) is 24.5 Å². The molecule has 0 spiro atoms. The molecule has 8 heteroatoms. The van der Waals surface area contributed by atoms with Crippen LogP contribution in [0.3, 0.4) is 0 Å². The summed E-state index contributed by atoms with van der Waals surface area (Å²) < 4.78 is 10.1. The number of amides is 2. The molecule has 2 rings (SSSR count). The normalized spacial score (nSPS) is 10.7. The van der Waals surface area contributed by atoms with Gasteiger partial charge in [0.2, 0.25) is 5.91 Å². The van der Waals surface area contributed by atoms with Gasteiger partial charge in [-0.05, 0) is 42.3 Å². The fourth-order valence-electron chi connectivity index (χ4n) is 2.48. The second kappa shape index (κ2) is 9.91. The van der Waals surface area contributed by atoms with Crippen molar-refractivity contribution in [3.8, 4) is 0 Å². The predicted molar refractivity (Wildman–Crippen MR) is 103 cm³/mol. The van der Waals surface area contributed by atoms with E-state index in [0.717, 1.165) is 12.0 Å². The Labute approximate surface area is 162 Å². The molecule has 2 aromatic rings. The quantitative estimate of drug-likeness (QED) is 0.637. The fraction of sp³-hybridized carbons (Fsp3) is 0.421. The maximum absolute atomic E-state index is 12.3. The number of nitrogens with one attached hydrogen (secondary N) is 2. The summed E-state index contributed by atoms with van der Waals surface area (Å²) in [6.07, 6.45) is 2.20. The number of carbonyl (C=O) groups is 3. The summed E-state index contributed by atoms with van der Waals surface area (Å²) in [5.74, 6) is -0.547. The lowest BCUT2D eigenvalue weighted by Gasteiger charge is -2.10. The molecule has 2 aromatic heterocycles. The van der Waals surface area contributed by atoms with E-state index in [9.17, 15) is 14.4 Å². The highest BCUT2D eigenvalue weighted by Gasteiger charge is 2.22. The van der Waals surface area contributed by atoms with Crippen molar-refractivity contribution in [2.24, 2.45) is 5.92 Å². The van der Waals surface area contributed by atoms with Gasteiger partial charge < -0.3 is 19.8 Å². The first-order valence-corrected chi connectivity index (χ1v) is 9.69. The number of anilines is 1. The fourth-order valence-corrected chi connectivity index (χ4v) is 3.46. The van der Waals surface area contributed by atoms with E-state index in [1.807, 2.05) is 5.38 Å². The lowest BCUT2D eigenvalue weighted by atomic mass is 10.0. The van der Waals surface area contributed by atoms with E-state index in [1.54, 1.807) is 19.1 Å². The van der Waals surface area contributed by atoms with Crippen molar-refractivity contribution in [3.63, 3.8) is 0 Å². The van der Waals surface area contributed by atoms with Crippen molar-refractivity contribution in [2.75, 3.05) is 18.5 Å². The Bertz CT molecular complexity index is 780. The van der Waals surface area contributed by atoms with Gasteiger partial charge in [0, 0.05) is 13.0 Å². The first-order chi connectivity index (χ1) is 12.9. The van der Waals surface area contributed by atoms with E-state index in [4.69, 9.17) is 9.15 Å². The van der Waals surface area contributed by atoms with Crippen LogP contribution in [-0.4, -0.2) is 30.9 Å². The van der Waals surface area contributed by atoms with Crippen LogP contribution < -0.4 is 10.6 Å².